The fourth-order valence-corrected chi connectivity index (χ4v) is 8.11. The number of piperazine rings is 1. The quantitative estimate of drug-likeness (QED) is 0.298. The van der Waals surface area contributed by atoms with Crippen LogP contribution in [0.5, 0.6) is 11.8 Å². The van der Waals surface area contributed by atoms with Crippen molar-refractivity contribution in [1.82, 2.24) is 20.2 Å². The van der Waals surface area contributed by atoms with E-state index in [0.29, 0.717) is 53.8 Å². The number of anilines is 1. The molecule has 4 aliphatic heterocycles. The third-order valence-corrected chi connectivity index (χ3v) is 10.1. The van der Waals surface area contributed by atoms with Crippen molar-refractivity contribution in [3.8, 4) is 35.2 Å². The maximum absolute atomic E-state index is 16.3. The first kappa shape index (κ1) is 27.8. The fraction of sp³-hybridized carbons (Fsp3) is 0.486. The lowest BCUT2D eigenvalue weighted by atomic mass is 9.85. The number of morpholine rings is 1. The van der Waals surface area contributed by atoms with Crippen molar-refractivity contribution in [2.24, 2.45) is 0 Å². The molecule has 8 nitrogen and oxygen atoms in total. The topological polar surface area (TPSA) is 83.0 Å². The molecule has 5 unspecified atom stereocenters. The average molecular weight is 596 g/mol. The van der Waals surface area contributed by atoms with Crippen molar-refractivity contribution in [2.75, 3.05) is 44.4 Å². The van der Waals surface area contributed by atoms with Gasteiger partial charge in [0.1, 0.15) is 17.7 Å². The highest BCUT2D eigenvalue weighted by molar-refractivity contribution is 5.98. The number of nitrogens with zero attached hydrogens (tertiary/aromatic N) is 4. The summed E-state index contributed by atoms with van der Waals surface area (Å²) in [7, 11) is 0. The molecule has 5 heterocycles. The van der Waals surface area contributed by atoms with E-state index >= 15 is 4.39 Å². The number of phenols is 1. The molecule has 2 aromatic carbocycles. The van der Waals surface area contributed by atoms with Gasteiger partial charge in [-0.3, -0.25) is 4.90 Å². The number of halogens is 1. The van der Waals surface area contributed by atoms with E-state index in [-0.39, 0.29) is 11.8 Å². The molecule has 3 aromatic rings. The number of ether oxygens (including phenoxy) is 2. The summed E-state index contributed by atoms with van der Waals surface area (Å²) >= 11 is 0. The maximum Gasteiger partial charge on any atom is 0.318 e. The second-order valence-corrected chi connectivity index (χ2v) is 12.9. The SMILES string of the molecule is C#CCc1c2cc(O)cc1-c1ccc3c(N4CC5CCC(C4)N5)nc(OCCCN4C5CCC4COC5)nc3c1C(F)C=C2. The molecule has 228 valence electrons. The lowest BCUT2D eigenvalue weighted by Gasteiger charge is -2.35. The largest absolute Gasteiger partial charge is 0.508 e. The van der Waals surface area contributed by atoms with Crippen LogP contribution in [0.15, 0.2) is 30.3 Å². The number of alkyl halides is 1. The second kappa shape index (κ2) is 11.3. The van der Waals surface area contributed by atoms with E-state index in [9.17, 15) is 5.11 Å². The van der Waals surface area contributed by atoms with Gasteiger partial charge in [-0.25, -0.2) is 4.39 Å². The van der Waals surface area contributed by atoms with E-state index in [1.165, 1.54) is 18.9 Å². The molecule has 9 heteroatoms. The Morgan fingerprint density at radius 3 is 2.64 bits per heavy atom. The van der Waals surface area contributed by atoms with Gasteiger partial charge in [-0.15, -0.1) is 12.3 Å². The minimum Gasteiger partial charge on any atom is -0.508 e. The molecule has 1 aromatic heterocycles. The zero-order chi connectivity index (χ0) is 29.8. The molecule has 1 aliphatic carbocycles. The molecule has 5 aliphatic rings. The standard InChI is InChI=1S/C35H38FN5O3/c1-2-4-27-21-5-12-31(36)32-28(30(27)16-26(42)15-21)10-11-29-33(32)38-35(39-34(29)40-17-22-6-7-23(18-40)37-22)44-14-3-13-41-24-8-9-25(41)20-43-19-24/h1,5,10-12,15-16,22-25,31,37,42H,3-4,6-9,13-14,17-20H2. The summed E-state index contributed by atoms with van der Waals surface area (Å²) < 4.78 is 28.3. The molecule has 4 fully saturated rings. The molecule has 0 spiro atoms. The van der Waals surface area contributed by atoms with E-state index < -0.39 is 6.17 Å². The Balaban J connectivity index is 1.19. The maximum atomic E-state index is 16.3. The van der Waals surface area contributed by atoms with E-state index in [1.54, 1.807) is 18.2 Å². The first-order chi connectivity index (χ1) is 21.6. The summed E-state index contributed by atoms with van der Waals surface area (Å²) in [6, 6.07) is 9.34. The highest BCUT2D eigenvalue weighted by atomic mass is 19.1. The van der Waals surface area contributed by atoms with Gasteiger partial charge in [0.15, 0.2) is 0 Å². The molecule has 0 radical (unpaired) electrons. The summed E-state index contributed by atoms with van der Waals surface area (Å²) in [5.41, 5.74) is 4.00. The Labute approximate surface area is 257 Å². The van der Waals surface area contributed by atoms with Crippen LogP contribution < -0.4 is 15.0 Å². The molecule has 2 N–H and O–H groups in total. The zero-order valence-corrected chi connectivity index (χ0v) is 24.8. The monoisotopic (exact) mass is 595 g/mol. The van der Waals surface area contributed by atoms with Gasteiger partial charge in [-0.05, 0) is 78.6 Å². The number of benzene rings is 2. The van der Waals surface area contributed by atoms with Crippen molar-refractivity contribution in [1.29, 1.82) is 0 Å². The molecule has 8 rings (SSSR count). The third kappa shape index (κ3) is 4.90. The van der Waals surface area contributed by atoms with Crippen LogP contribution in [0.2, 0.25) is 0 Å². The van der Waals surface area contributed by atoms with Crippen LogP contribution in [0, 0.1) is 12.3 Å². The molecule has 44 heavy (non-hydrogen) atoms. The number of nitrogens with one attached hydrogen (secondary N) is 1. The Bertz CT molecular complexity index is 1640. The zero-order valence-electron chi connectivity index (χ0n) is 24.8. The summed E-state index contributed by atoms with van der Waals surface area (Å²) in [4.78, 5) is 14.8. The number of allylic oxidation sites excluding steroid dienone is 1. The van der Waals surface area contributed by atoms with Crippen molar-refractivity contribution in [3.63, 3.8) is 0 Å². The molecule has 4 saturated heterocycles. The van der Waals surface area contributed by atoms with Crippen LogP contribution in [0.4, 0.5) is 10.2 Å². The summed E-state index contributed by atoms with van der Waals surface area (Å²) in [6.07, 6.45) is 13.5. The third-order valence-electron chi connectivity index (χ3n) is 10.1. The molecular formula is C35H38FN5O3. The summed E-state index contributed by atoms with van der Waals surface area (Å²) in [5, 5.41) is 15.1. The lowest BCUT2D eigenvalue weighted by Crippen LogP contribution is -2.51. The van der Waals surface area contributed by atoms with Gasteiger partial charge in [0, 0.05) is 61.2 Å². The van der Waals surface area contributed by atoms with Crippen molar-refractivity contribution >= 4 is 22.8 Å². The van der Waals surface area contributed by atoms with E-state index in [1.807, 2.05) is 12.1 Å². The number of hydrogen-bond donors (Lipinski definition) is 2. The molecule has 0 saturated carbocycles. The van der Waals surface area contributed by atoms with Crippen LogP contribution >= 0.6 is 0 Å². The van der Waals surface area contributed by atoms with Crippen molar-refractivity contribution in [3.05, 3.63) is 47.0 Å². The predicted octanol–water partition coefficient (Wildman–Crippen LogP) is 4.79. The van der Waals surface area contributed by atoms with Gasteiger partial charge >= 0.3 is 6.01 Å². The number of rotatable bonds is 7. The van der Waals surface area contributed by atoms with Crippen LogP contribution in [0.25, 0.3) is 28.1 Å². The fourth-order valence-electron chi connectivity index (χ4n) is 8.11. The minimum atomic E-state index is -1.42. The van der Waals surface area contributed by atoms with Gasteiger partial charge < -0.3 is 24.8 Å². The Morgan fingerprint density at radius 2 is 1.86 bits per heavy atom. The molecule has 6 bridgehead atoms. The van der Waals surface area contributed by atoms with Crippen molar-refractivity contribution < 1.29 is 19.0 Å². The average Bonchev–Trinajstić information content (AvgIpc) is 3.47. The Kier molecular flexibility index (Phi) is 7.16. The highest BCUT2D eigenvalue weighted by Gasteiger charge is 2.37. The van der Waals surface area contributed by atoms with E-state index in [2.05, 4.69) is 21.0 Å². The van der Waals surface area contributed by atoms with Crippen molar-refractivity contribution in [2.45, 2.75) is 68.9 Å². The number of phenolic OH excluding ortho intramolecular Hbond substituents is 1. The van der Waals surface area contributed by atoms with Gasteiger partial charge in [-0.2, -0.15) is 9.97 Å². The second-order valence-electron chi connectivity index (χ2n) is 12.9. The van der Waals surface area contributed by atoms with E-state index in [4.69, 9.17) is 25.9 Å². The van der Waals surface area contributed by atoms with Crippen LogP contribution in [0.1, 0.15) is 55.0 Å². The Hall–Kier alpha value is -3.71. The number of hydrogen-bond acceptors (Lipinski definition) is 8. The minimum absolute atomic E-state index is 0.112. The van der Waals surface area contributed by atoms with Gasteiger partial charge in [-0.1, -0.05) is 12.1 Å². The van der Waals surface area contributed by atoms with Gasteiger partial charge in [0.05, 0.1) is 25.3 Å². The number of terminal acetylenes is 1. The molecular weight excluding hydrogens is 557 g/mol. The first-order valence-electron chi connectivity index (χ1n) is 16.0. The number of aromatic nitrogens is 2. The highest BCUT2D eigenvalue weighted by Crippen LogP contribution is 2.44. The van der Waals surface area contributed by atoms with Crippen LogP contribution in [-0.4, -0.2) is 83.6 Å². The smallest absolute Gasteiger partial charge is 0.318 e. The summed E-state index contributed by atoms with van der Waals surface area (Å²) in [5.74, 6) is 3.64. The predicted molar refractivity (Wildman–Crippen MR) is 169 cm³/mol. The van der Waals surface area contributed by atoms with Gasteiger partial charge in [0.2, 0.25) is 0 Å². The van der Waals surface area contributed by atoms with Gasteiger partial charge in [0.25, 0.3) is 0 Å². The number of fused-ring (bicyclic) bond motifs is 10. The lowest BCUT2D eigenvalue weighted by molar-refractivity contribution is -0.0161. The molecule has 5 atom stereocenters. The molecule has 0 amide bonds. The van der Waals surface area contributed by atoms with E-state index in [0.717, 1.165) is 80.0 Å². The van der Waals surface area contributed by atoms with Crippen LogP contribution in [-0.2, 0) is 11.2 Å². The van der Waals surface area contributed by atoms with Crippen LogP contribution in [0.3, 0.4) is 0 Å². The number of aromatic hydroxyl groups is 1. The first-order valence-corrected chi connectivity index (χ1v) is 16.0. The summed E-state index contributed by atoms with van der Waals surface area (Å²) in [6.45, 7) is 4.72. The Morgan fingerprint density at radius 1 is 1.07 bits per heavy atom. The normalized spacial score (nSPS) is 27.2.